The first-order valence-corrected chi connectivity index (χ1v) is 12.2. The Hall–Kier alpha value is -3.29. The van der Waals surface area contributed by atoms with Crippen molar-refractivity contribution in [2.75, 3.05) is 26.7 Å². The van der Waals surface area contributed by atoms with Crippen LogP contribution >= 0.6 is 11.6 Å². The lowest BCUT2D eigenvalue weighted by Gasteiger charge is -2.42. The van der Waals surface area contributed by atoms with Crippen LogP contribution in [-0.2, 0) is 11.2 Å². The number of rotatable bonds is 7. The number of hydrogen-bond donors (Lipinski definition) is 2. The molecule has 2 aliphatic heterocycles. The summed E-state index contributed by atoms with van der Waals surface area (Å²) in [4.78, 5) is 36.3. The third-order valence-electron chi connectivity index (χ3n) is 7.18. The minimum absolute atomic E-state index is 0.107. The number of benzene rings is 2. The Morgan fingerprint density at radius 3 is 2.83 bits per heavy atom. The van der Waals surface area contributed by atoms with E-state index in [0.717, 1.165) is 40.8 Å². The van der Waals surface area contributed by atoms with Crippen molar-refractivity contribution in [3.63, 3.8) is 0 Å². The fourth-order valence-electron chi connectivity index (χ4n) is 5.53. The monoisotopic (exact) mass is 492 g/mol. The van der Waals surface area contributed by atoms with Gasteiger partial charge >= 0.3 is 6.03 Å². The molecule has 1 saturated heterocycles. The molecule has 0 aliphatic carbocycles. The fourth-order valence-corrected chi connectivity index (χ4v) is 5.71. The van der Waals surface area contributed by atoms with E-state index in [4.69, 9.17) is 11.6 Å². The summed E-state index contributed by atoms with van der Waals surface area (Å²) in [6, 6.07) is 11.7. The predicted molar refractivity (Wildman–Crippen MR) is 137 cm³/mol. The molecule has 0 saturated carbocycles. The summed E-state index contributed by atoms with van der Waals surface area (Å²) in [7, 11) is 1.99. The fraction of sp³-hybridized carbons (Fsp3) is 0.333. The topological polar surface area (TPSA) is 79.9 Å². The number of likely N-dealkylation sites (N-methyl/N-ethyl adjacent to an activating group) is 1. The average Bonchev–Trinajstić information content (AvgIpc) is 3.25. The number of amides is 3. The van der Waals surface area contributed by atoms with E-state index >= 15 is 0 Å². The molecular weight excluding hydrogens is 464 g/mol. The van der Waals surface area contributed by atoms with Gasteiger partial charge < -0.3 is 15.0 Å². The molecule has 1 aromatic heterocycles. The molecule has 0 bridgehead atoms. The lowest BCUT2D eigenvalue weighted by molar-refractivity contribution is -0.133. The molecule has 7 nitrogen and oxygen atoms in total. The zero-order chi connectivity index (χ0) is 24.9. The molecule has 0 spiro atoms. The third-order valence-corrected chi connectivity index (χ3v) is 7.41. The Balaban J connectivity index is 1.59. The van der Waals surface area contributed by atoms with Gasteiger partial charge in [-0.2, -0.15) is 0 Å². The molecule has 8 heteroatoms. The van der Waals surface area contributed by atoms with Crippen molar-refractivity contribution in [1.29, 1.82) is 0 Å². The van der Waals surface area contributed by atoms with Crippen LogP contribution in [0.4, 0.5) is 4.79 Å². The van der Waals surface area contributed by atoms with Crippen LogP contribution in [0.1, 0.15) is 36.2 Å². The van der Waals surface area contributed by atoms with E-state index in [1.165, 1.54) is 4.90 Å². The van der Waals surface area contributed by atoms with Crippen LogP contribution in [-0.4, -0.2) is 68.9 Å². The number of aromatic hydroxyl groups is 1. The van der Waals surface area contributed by atoms with Crippen LogP contribution in [0.5, 0.6) is 5.75 Å². The quantitative estimate of drug-likeness (QED) is 0.370. The minimum atomic E-state index is -1.05. The van der Waals surface area contributed by atoms with Gasteiger partial charge in [0.15, 0.2) is 0 Å². The van der Waals surface area contributed by atoms with E-state index < -0.39 is 11.6 Å². The summed E-state index contributed by atoms with van der Waals surface area (Å²) in [5.74, 6) is -0.0865. The number of phenolic OH excluding ortho intramolecular Hbond substituents is 1. The van der Waals surface area contributed by atoms with E-state index in [-0.39, 0.29) is 17.7 Å². The molecule has 2 aliphatic rings. The van der Waals surface area contributed by atoms with Gasteiger partial charge in [-0.25, -0.2) is 4.79 Å². The number of aromatic nitrogens is 1. The largest absolute Gasteiger partial charge is 0.508 e. The SMILES string of the molecule is C=CCN(C)CCCN1C(=O)N2C(c3cccc(O)c3)c3[nH]c4ccc(Cl)cc4c3CC2(C)C1=O. The lowest BCUT2D eigenvalue weighted by atomic mass is 9.81. The average molecular weight is 493 g/mol. The number of halogens is 1. The molecule has 0 radical (unpaired) electrons. The minimum Gasteiger partial charge on any atom is -0.508 e. The Labute approximate surface area is 209 Å². The smallest absolute Gasteiger partial charge is 0.328 e. The molecule has 2 N–H and O–H groups in total. The second-order valence-corrected chi connectivity index (χ2v) is 10.1. The number of H-pyrrole nitrogens is 1. The highest BCUT2D eigenvalue weighted by molar-refractivity contribution is 6.31. The Morgan fingerprint density at radius 1 is 1.29 bits per heavy atom. The molecule has 3 heterocycles. The van der Waals surface area contributed by atoms with Gasteiger partial charge in [0.05, 0.1) is 0 Å². The standard InChI is InChI=1S/C27H29ClN4O3/c1-4-11-30(3)12-6-13-31-25(34)27(2)16-21-20-15-18(28)9-10-22(20)29-23(21)24(32(27)26(31)35)17-7-5-8-19(33)14-17/h4-5,7-10,14-15,24,29,33H,1,6,11-13,16H2,2-3H3. The number of fused-ring (bicyclic) bond motifs is 4. The number of carbonyl (C=O) groups excluding carboxylic acids is 2. The van der Waals surface area contributed by atoms with Crippen molar-refractivity contribution in [2.24, 2.45) is 0 Å². The van der Waals surface area contributed by atoms with Crippen LogP contribution in [0.2, 0.25) is 5.02 Å². The van der Waals surface area contributed by atoms with E-state index in [1.54, 1.807) is 23.1 Å². The second kappa shape index (κ2) is 8.73. The molecule has 2 aromatic carbocycles. The molecule has 2 atom stereocenters. The Morgan fingerprint density at radius 2 is 2.09 bits per heavy atom. The number of nitrogens with zero attached hydrogens (tertiary/aromatic N) is 3. The lowest BCUT2D eigenvalue weighted by Crippen LogP contribution is -2.53. The first kappa shape index (κ1) is 23.5. The number of carbonyl (C=O) groups is 2. The first-order valence-electron chi connectivity index (χ1n) is 11.8. The Kier molecular flexibility index (Phi) is 5.85. The number of hydrogen-bond acceptors (Lipinski definition) is 4. The first-order chi connectivity index (χ1) is 16.7. The van der Waals surface area contributed by atoms with E-state index in [2.05, 4.69) is 16.5 Å². The van der Waals surface area contributed by atoms with E-state index in [1.807, 2.05) is 44.3 Å². The van der Waals surface area contributed by atoms with Gasteiger partial charge in [0.2, 0.25) is 0 Å². The van der Waals surface area contributed by atoms with E-state index in [0.29, 0.717) is 24.4 Å². The van der Waals surface area contributed by atoms with Gasteiger partial charge in [0, 0.05) is 41.1 Å². The van der Waals surface area contributed by atoms with Crippen molar-refractivity contribution in [3.05, 3.63) is 77.0 Å². The number of aromatic amines is 1. The molecule has 3 aromatic rings. The maximum atomic E-state index is 13.8. The van der Waals surface area contributed by atoms with Crippen LogP contribution < -0.4 is 0 Å². The normalized spacial score (nSPS) is 21.7. The second-order valence-electron chi connectivity index (χ2n) is 9.67. The zero-order valence-electron chi connectivity index (χ0n) is 19.9. The number of phenols is 1. The van der Waals surface area contributed by atoms with Crippen molar-refractivity contribution >= 4 is 34.4 Å². The van der Waals surface area contributed by atoms with Crippen LogP contribution in [0.15, 0.2) is 55.1 Å². The molecule has 35 heavy (non-hydrogen) atoms. The van der Waals surface area contributed by atoms with Crippen LogP contribution in [0.25, 0.3) is 10.9 Å². The molecule has 5 rings (SSSR count). The number of nitrogens with one attached hydrogen (secondary N) is 1. The van der Waals surface area contributed by atoms with Crippen molar-refractivity contribution in [2.45, 2.75) is 31.3 Å². The van der Waals surface area contributed by atoms with E-state index in [9.17, 15) is 14.7 Å². The zero-order valence-corrected chi connectivity index (χ0v) is 20.7. The predicted octanol–water partition coefficient (Wildman–Crippen LogP) is 4.70. The van der Waals surface area contributed by atoms with Crippen molar-refractivity contribution in [1.82, 2.24) is 19.7 Å². The third kappa shape index (κ3) is 3.79. The summed E-state index contributed by atoms with van der Waals surface area (Å²) in [5.41, 5.74) is 2.41. The summed E-state index contributed by atoms with van der Waals surface area (Å²) in [5, 5.41) is 11.8. The highest BCUT2D eigenvalue weighted by atomic mass is 35.5. The summed E-state index contributed by atoms with van der Waals surface area (Å²) < 4.78 is 0. The molecule has 182 valence electrons. The van der Waals surface area contributed by atoms with Gasteiger partial charge in [-0.1, -0.05) is 29.8 Å². The maximum absolute atomic E-state index is 13.8. The molecule has 3 amide bonds. The van der Waals surface area contributed by atoms with Gasteiger partial charge in [-0.05, 0) is 68.4 Å². The van der Waals surface area contributed by atoms with Gasteiger partial charge in [0.1, 0.15) is 17.3 Å². The number of imide groups is 1. The van der Waals surface area contributed by atoms with Gasteiger partial charge in [0.25, 0.3) is 5.91 Å². The summed E-state index contributed by atoms with van der Waals surface area (Å²) >= 11 is 6.32. The Bertz CT molecular complexity index is 1340. The number of urea groups is 1. The molecular formula is C27H29ClN4O3. The highest BCUT2D eigenvalue weighted by Gasteiger charge is 2.60. The molecule has 2 unspecified atom stereocenters. The van der Waals surface area contributed by atoms with Gasteiger partial charge in [-0.3, -0.25) is 14.6 Å². The van der Waals surface area contributed by atoms with Gasteiger partial charge in [-0.15, -0.1) is 6.58 Å². The molecule has 1 fully saturated rings. The summed E-state index contributed by atoms with van der Waals surface area (Å²) in [6.45, 7) is 7.44. The maximum Gasteiger partial charge on any atom is 0.328 e. The van der Waals surface area contributed by atoms with Crippen LogP contribution in [0, 0.1) is 0 Å². The van der Waals surface area contributed by atoms with Crippen molar-refractivity contribution in [3.8, 4) is 5.75 Å². The summed E-state index contributed by atoms with van der Waals surface area (Å²) in [6.07, 6.45) is 2.89. The van der Waals surface area contributed by atoms with Crippen molar-refractivity contribution < 1.29 is 14.7 Å². The highest BCUT2D eigenvalue weighted by Crippen LogP contribution is 2.49. The van der Waals surface area contributed by atoms with Crippen LogP contribution in [0.3, 0.4) is 0 Å².